The molecule has 2 aromatic heterocycles. The third-order valence-electron chi connectivity index (χ3n) is 4.23. The van der Waals surface area contributed by atoms with Crippen molar-refractivity contribution in [2.24, 2.45) is 0 Å². The molecule has 1 aliphatic heterocycles. The van der Waals surface area contributed by atoms with Gasteiger partial charge < -0.3 is 9.09 Å². The van der Waals surface area contributed by atoms with Gasteiger partial charge >= 0.3 is 0 Å². The topological polar surface area (TPSA) is 72.9 Å². The fraction of sp³-hybridized carbons (Fsp3) is 0.412. The molecule has 0 radical (unpaired) electrons. The molecule has 4 rings (SSSR count). The Morgan fingerprint density at radius 1 is 1.12 bits per heavy atom. The van der Waals surface area contributed by atoms with Crippen LogP contribution in [0, 0.1) is 0 Å². The van der Waals surface area contributed by atoms with Gasteiger partial charge in [0.2, 0.25) is 0 Å². The second kappa shape index (κ2) is 6.16. The van der Waals surface area contributed by atoms with Crippen LogP contribution in [0.25, 0.3) is 11.5 Å². The smallest absolute Gasteiger partial charge is 0.257 e. The summed E-state index contributed by atoms with van der Waals surface area (Å²) < 4.78 is 7.61. The van der Waals surface area contributed by atoms with Crippen LogP contribution in [0.5, 0.6) is 0 Å². The van der Waals surface area contributed by atoms with E-state index >= 15 is 0 Å². The molecule has 3 aromatic rings. The van der Waals surface area contributed by atoms with E-state index in [-0.39, 0.29) is 0 Å². The van der Waals surface area contributed by atoms with E-state index in [1.165, 1.54) is 0 Å². The van der Waals surface area contributed by atoms with Crippen molar-refractivity contribution in [1.82, 2.24) is 29.8 Å². The molecular weight excluding hydrogens is 304 g/mol. The number of benzene rings is 1. The highest BCUT2D eigenvalue weighted by molar-refractivity contribution is 5.51. The van der Waals surface area contributed by atoms with Crippen LogP contribution in [-0.2, 0) is 19.6 Å². The molecule has 0 spiro atoms. The first-order valence-electron chi connectivity index (χ1n) is 8.23. The Morgan fingerprint density at radius 2 is 1.96 bits per heavy atom. The zero-order valence-corrected chi connectivity index (χ0v) is 13.9. The van der Waals surface area contributed by atoms with Crippen molar-refractivity contribution in [3.05, 3.63) is 47.8 Å². The minimum Gasteiger partial charge on any atom is -0.334 e. The highest BCUT2D eigenvalue weighted by Gasteiger charge is 2.23. The van der Waals surface area contributed by atoms with Crippen molar-refractivity contribution >= 4 is 0 Å². The SMILES string of the molecule is CC(C)c1nnc2n1CCN(Cc1noc(-c3ccccc3)n1)C2. The van der Waals surface area contributed by atoms with Crippen molar-refractivity contribution in [3.8, 4) is 11.5 Å². The highest BCUT2D eigenvalue weighted by Crippen LogP contribution is 2.20. The summed E-state index contributed by atoms with van der Waals surface area (Å²) in [4.78, 5) is 6.77. The molecule has 0 unspecified atom stereocenters. The van der Waals surface area contributed by atoms with Crippen LogP contribution in [0.2, 0.25) is 0 Å². The zero-order chi connectivity index (χ0) is 16.5. The van der Waals surface area contributed by atoms with Gasteiger partial charge in [-0.1, -0.05) is 37.2 Å². The summed E-state index contributed by atoms with van der Waals surface area (Å²) in [6.45, 7) is 7.54. The van der Waals surface area contributed by atoms with Gasteiger partial charge in [0.25, 0.3) is 5.89 Å². The standard InChI is InChI=1S/C17H20N6O/c1-12(2)16-20-19-15-11-22(8-9-23(15)16)10-14-18-17(24-21-14)13-6-4-3-5-7-13/h3-7,12H,8-11H2,1-2H3. The molecule has 0 saturated carbocycles. The first-order valence-corrected chi connectivity index (χ1v) is 8.23. The van der Waals surface area contributed by atoms with Crippen LogP contribution in [-0.4, -0.2) is 36.3 Å². The van der Waals surface area contributed by atoms with Crippen molar-refractivity contribution in [3.63, 3.8) is 0 Å². The second-order valence-electron chi connectivity index (χ2n) is 6.37. The van der Waals surface area contributed by atoms with Gasteiger partial charge in [0.1, 0.15) is 11.6 Å². The molecule has 3 heterocycles. The molecule has 0 aliphatic carbocycles. The maximum absolute atomic E-state index is 5.38. The molecule has 0 amide bonds. The summed E-state index contributed by atoms with van der Waals surface area (Å²) in [7, 11) is 0. The Morgan fingerprint density at radius 3 is 2.75 bits per heavy atom. The molecule has 0 atom stereocenters. The molecule has 0 fully saturated rings. The maximum atomic E-state index is 5.38. The van der Waals surface area contributed by atoms with Gasteiger partial charge in [-0.2, -0.15) is 4.98 Å². The van der Waals surface area contributed by atoms with Crippen LogP contribution >= 0.6 is 0 Å². The van der Waals surface area contributed by atoms with Gasteiger partial charge in [-0.05, 0) is 12.1 Å². The maximum Gasteiger partial charge on any atom is 0.257 e. The van der Waals surface area contributed by atoms with Gasteiger partial charge in [0.05, 0.1) is 13.1 Å². The molecule has 0 N–H and O–H groups in total. The second-order valence-corrected chi connectivity index (χ2v) is 6.37. The van der Waals surface area contributed by atoms with Crippen molar-refractivity contribution in [2.75, 3.05) is 6.54 Å². The average molecular weight is 324 g/mol. The molecule has 0 bridgehead atoms. The normalized spacial score (nSPS) is 15.0. The number of hydrogen-bond donors (Lipinski definition) is 0. The van der Waals surface area contributed by atoms with Gasteiger partial charge in [-0.25, -0.2) is 0 Å². The minimum atomic E-state index is 0.392. The Bertz CT molecular complexity index is 823. The molecular formula is C17H20N6O. The van der Waals surface area contributed by atoms with E-state index in [9.17, 15) is 0 Å². The molecule has 7 nitrogen and oxygen atoms in total. The monoisotopic (exact) mass is 324 g/mol. The Hall–Kier alpha value is -2.54. The van der Waals surface area contributed by atoms with Crippen LogP contribution in [0.4, 0.5) is 0 Å². The predicted octanol–water partition coefficient (Wildman–Crippen LogP) is 2.47. The number of aromatic nitrogens is 5. The van der Waals surface area contributed by atoms with Gasteiger partial charge in [0.15, 0.2) is 5.82 Å². The van der Waals surface area contributed by atoms with E-state index < -0.39 is 0 Å². The average Bonchev–Trinajstić information content (AvgIpc) is 3.22. The van der Waals surface area contributed by atoms with Crippen LogP contribution in [0.1, 0.15) is 37.2 Å². The largest absolute Gasteiger partial charge is 0.334 e. The molecule has 1 aromatic carbocycles. The minimum absolute atomic E-state index is 0.392. The number of rotatable bonds is 4. The Balaban J connectivity index is 1.46. The summed E-state index contributed by atoms with van der Waals surface area (Å²) in [5, 5.41) is 12.8. The zero-order valence-electron chi connectivity index (χ0n) is 13.9. The predicted molar refractivity (Wildman–Crippen MR) is 88.0 cm³/mol. The summed E-state index contributed by atoms with van der Waals surface area (Å²) in [5.41, 5.74) is 0.941. The number of fused-ring (bicyclic) bond motifs is 1. The summed E-state index contributed by atoms with van der Waals surface area (Å²) in [6.07, 6.45) is 0. The fourth-order valence-corrected chi connectivity index (χ4v) is 3.01. The molecule has 24 heavy (non-hydrogen) atoms. The lowest BCUT2D eigenvalue weighted by atomic mass is 10.2. The van der Waals surface area contributed by atoms with E-state index in [4.69, 9.17) is 4.52 Å². The molecule has 7 heteroatoms. The Kier molecular flexibility index (Phi) is 3.86. The highest BCUT2D eigenvalue weighted by atomic mass is 16.5. The summed E-state index contributed by atoms with van der Waals surface area (Å²) >= 11 is 0. The van der Waals surface area contributed by atoms with Crippen molar-refractivity contribution < 1.29 is 4.52 Å². The van der Waals surface area contributed by atoms with Crippen LogP contribution < -0.4 is 0 Å². The third kappa shape index (κ3) is 2.82. The molecule has 0 saturated heterocycles. The Labute approximate surface area is 140 Å². The van der Waals surface area contributed by atoms with Crippen molar-refractivity contribution in [2.45, 2.75) is 39.4 Å². The fourth-order valence-electron chi connectivity index (χ4n) is 3.01. The lowest BCUT2D eigenvalue weighted by Crippen LogP contribution is -2.34. The molecule has 1 aliphatic rings. The first-order chi connectivity index (χ1) is 11.7. The first kappa shape index (κ1) is 15.0. The summed E-state index contributed by atoms with van der Waals surface area (Å²) in [6, 6.07) is 9.82. The van der Waals surface area contributed by atoms with Crippen molar-refractivity contribution in [1.29, 1.82) is 0 Å². The van der Waals surface area contributed by atoms with E-state index in [0.717, 1.165) is 36.8 Å². The van der Waals surface area contributed by atoms with E-state index in [2.05, 4.69) is 43.7 Å². The lowest BCUT2D eigenvalue weighted by Gasteiger charge is -2.26. The van der Waals surface area contributed by atoms with E-state index in [1.807, 2.05) is 30.3 Å². The van der Waals surface area contributed by atoms with Gasteiger partial charge in [0, 0.05) is 24.6 Å². The van der Waals surface area contributed by atoms with E-state index in [1.54, 1.807) is 0 Å². The lowest BCUT2D eigenvalue weighted by molar-refractivity contribution is 0.199. The number of nitrogens with zero attached hydrogens (tertiary/aromatic N) is 6. The van der Waals surface area contributed by atoms with Crippen LogP contribution in [0.3, 0.4) is 0 Å². The van der Waals surface area contributed by atoms with Crippen LogP contribution in [0.15, 0.2) is 34.9 Å². The van der Waals surface area contributed by atoms with E-state index in [0.29, 0.717) is 24.2 Å². The third-order valence-corrected chi connectivity index (χ3v) is 4.23. The summed E-state index contributed by atoms with van der Waals surface area (Å²) in [5.74, 6) is 3.73. The van der Waals surface area contributed by atoms with Gasteiger partial charge in [-0.15, -0.1) is 10.2 Å². The number of hydrogen-bond acceptors (Lipinski definition) is 6. The molecule has 124 valence electrons. The quantitative estimate of drug-likeness (QED) is 0.734. The van der Waals surface area contributed by atoms with Gasteiger partial charge in [-0.3, -0.25) is 4.90 Å².